The fourth-order valence-electron chi connectivity index (χ4n) is 3.24. The van der Waals surface area contributed by atoms with Gasteiger partial charge in [-0.25, -0.2) is 4.98 Å². The van der Waals surface area contributed by atoms with Crippen molar-refractivity contribution < 1.29 is 9.59 Å². The maximum absolute atomic E-state index is 12.4. The summed E-state index contributed by atoms with van der Waals surface area (Å²) in [6, 6.07) is 10.2. The molecule has 138 valence electrons. The number of aromatic nitrogens is 3. The minimum atomic E-state index is -0.163. The van der Waals surface area contributed by atoms with Gasteiger partial charge in [0.2, 0.25) is 11.8 Å². The Morgan fingerprint density at radius 2 is 2.15 bits per heavy atom. The first-order valence-electron chi connectivity index (χ1n) is 9.09. The van der Waals surface area contributed by atoms with Crippen molar-refractivity contribution in [2.75, 3.05) is 13.1 Å². The lowest BCUT2D eigenvalue weighted by molar-refractivity contribution is -0.138. The lowest BCUT2D eigenvalue weighted by Gasteiger charge is -2.32. The highest BCUT2D eigenvalue weighted by Crippen LogP contribution is 2.18. The highest BCUT2D eigenvalue weighted by molar-refractivity contribution is 5.83. The Morgan fingerprint density at radius 1 is 1.35 bits per heavy atom. The van der Waals surface area contributed by atoms with Gasteiger partial charge in [-0.2, -0.15) is 5.10 Å². The molecule has 1 atom stereocenters. The molecule has 1 aliphatic heterocycles. The number of benzene rings is 1. The number of likely N-dealkylation sites (tertiary alicyclic amines) is 1. The van der Waals surface area contributed by atoms with E-state index in [0.717, 1.165) is 18.7 Å². The van der Waals surface area contributed by atoms with Crippen LogP contribution in [0.3, 0.4) is 0 Å². The number of hydrogen-bond donors (Lipinski definition) is 2. The zero-order valence-electron chi connectivity index (χ0n) is 15.1. The van der Waals surface area contributed by atoms with Gasteiger partial charge in [-0.1, -0.05) is 30.3 Å². The van der Waals surface area contributed by atoms with E-state index in [1.54, 1.807) is 0 Å². The molecule has 2 heterocycles. The largest absolute Gasteiger partial charge is 0.348 e. The van der Waals surface area contributed by atoms with Crippen molar-refractivity contribution in [3.05, 3.63) is 47.5 Å². The van der Waals surface area contributed by atoms with Gasteiger partial charge in [0, 0.05) is 19.5 Å². The summed E-state index contributed by atoms with van der Waals surface area (Å²) < 4.78 is 0. The van der Waals surface area contributed by atoms with E-state index < -0.39 is 0 Å². The number of nitrogens with one attached hydrogen (secondary N) is 2. The van der Waals surface area contributed by atoms with Crippen LogP contribution in [-0.2, 0) is 22.6 Å². The number of rotatable bonds is 7. The molecule has 3 rings (SSSR count). The first-order chi connectivity index (χ1) is 12.6. The minimum absolute atomic E-state index is 0.0342. The van der Waals surface area contributed by atoms with E-state index in [0.29, 0.717) is 38.3 Å². The number of nitrogens with zero attached hydrogens (tertiary/aromatic N) is 3. The first-order valence-corrected chi connectivity index (χ1v) is 9.09. The second-order valence-electron chi connectivity index (χ2n) is 6.72. The van der Waals surface area contributed by atoms with Crippen molar-refractivity contribution in [3.63, 3.8) is 0 Å². The molecule has 0 unspecified atom stereocenters. The Hall–Kier alpha value is -2.70. The fourth-order valence-corrected chi connectivity index (χ4v) is 3.24. The van der Waals surface area contributed by atoms with Gasteiger partial charge in [-0.05, 0) is 31.7 Å². The number of hydrogen-bond acceptors (Lipinski definition) is 4. The van der Waals surface area contributed by atoms with E-state index in [4.69, 9.17) is 0 Å². The molecule has 1 fully saturated rings. The number of aromatic amines is 1. The van der Waals surface area contributed by atoms with E-state index in [2.05, 4.69) is 32.6 Å². The predicted molar refractivity (Wildman–Crippen MR) is 97.0 cm³/mol. The summed E-state index contributed by atoms with van der Waals surface area (Å²) in [6.45, 7) is 3.31. The van der Waals surface area contributed by atoms with Crippen molar-refractivity contribution in [1.29, 1.82) is 0 Å². The van der Waals surface area contributed by atoms with E-state index in [9.17, 15) is 9.59 Å². The van der Waals surface area contributed by atoms with Gasteiger partial charge in [-0.3, -0.25) is 14.7 Å². The standard InChI is InChI=1S/C19H25N5O2/c1-14-21-17(23-22-14)12-20-19(26)16-9-10-18(25)24(13-16)11-5-8-15-6-3-2-4-7-15/h2-4,6-7,16H,5,8-13H2,1H3,(H,20,26)(H,21,22,23)/t16-/m0/s1. The third-order valence-corrected chi connectivity index (χ3v) is 4.67. The quantitative estimate of drug-likeness (QED) is 0.789. The summed E-state index contributed by atoms with van der Waals surface area (Å²) in [5.74, 6) is 1.24. The van der Waals surface area contributed by atoms with Crippen molar-refractivity contribution >= 4 is 11.8 Å². The molecule has 1 saturated heterocycles. The smallest absolute Gasteiger partial charge is 0.225 e. The number of carbonyl (C=O) groups is 2. The van der Waals surface area contributed by atoms with Crippen LogP contribution in [0.1, 0.15) is 36.5 Å². The molecule has 2 aromatic rings. The second-order valence-corrected chi connectivity index (χ2v) is 6.72. The van der Waals surface area contributed by atoms with Crippen molar-refractivity contribution in [2.45, 2.75) is 39.2 Å². The molecule has 1 aromatic carbocycles. The van der Waals surface area contributed by atoms with Gasteiger partial charge in [0.05, 0.1) is 12.5 Å². The van der Waals surface area contributed by atoms with E-state index in [1.807, 2.05) is 30.0 Å². The van der Waals surface area contributed by atoms with Crippen molar-refractivity contribution in [2.24, 2.45) is 5.92 Å². The highest BCUT2D eigenvalue weighted by Gasteiger charge is 2.29. The third kappa shape index (κ3) is 4.91. The van der Waals surface area contributed by atoms with Gasteiger partial charge in [0.25, 0.3) is 0 Å². The molecule has 0 bridgehead atoms. The lowest BCUT2D eigenvalue weighted by Crippen LogP contribution is -2.46. The van der Waals surface area contributed by atoms with Crippen LogP contribution in [0.2, 0.25) is 0 Å². The Morgan fingerprint density at radius 3 is 2.88 bits per heavy atom. The van der Waals surface area contributed by atoms with Crippen LogP contribution in [0.15, 0.2) is 30.3 Å². The van der Waals surface area contributed by atoms with E-state index in [-0.39, 0.29) is 17.7 Å². The zero-order valence-corrected chi connectivity index (χ0v) is 15.1. The molecule has 1 aromatic heterocycles. The molecule has 0 aliphatic carbocycles. The number of carbonyl (C=O) groups excluding carboxylic acids is 2. The molecule has 0 radical (unpaired) electrons. The van der Waals surface area contributed by atoms with Gasteiger partial charge in [0.15, 0.2) is 5.82 Å². The van der Waals surface area contributed by atoms with Crippen LogP contribution in [0.4, 0.5) is 0 Å². The van der Waals surface area contributed by atoms with Crippen LogP contribution in [0, 0.1) is 12.8 Å². The average Bonchev–Trinajstić information content (AvgIpc) is 3.07. The highest BCUT2D eigenvalue weighted by atomic mass is 16.2. The van der Waals surface area contributed by atoms with E-state index in [1.165, 1.54) is 5.56 Å². The summed E-state index contributed by atoms with van der Waals surface area (Å²) >= 11 is 0. The van der Waals surface area contributed by atoms with Crippen molar-refractivity contribution in [1.82, 2.24) is 25.4 Å². The molecule has 2 amide bonds. The van der Waals surface area contributed by atoms with Crippen LogP contribution in [0.5, 0.6) is 0 Å². The topological polar surface area (TPSA) is 91.0 Å². The molecular formula is C19H25N5O2. The number of amides is 2. The van der Waals surface area contributed by atoms with E-state index >= 15 is 0 Å². The third-order valence-electron chi connectivity index (χ3n) is 4.67. The van der Waals surface area contributed by atoms with Gasteiger partial charge < -0.3 is 10.2 Å². The molecule has 7 heteroatoms. The number of piperidine rings is 1. The molecule has 26 heavy (non-hydrogen) atoms. The lowest BCUT2D eigenvalue weighted by atomic mass is 9.96. The van der Waals surface area contributed by atoms with Gasteiger partial charge in [0.1, 0.15) is 5.82 Å². The molecule has 2 N–H and O–H groups in total. The Balaban J connectivity index is 1.45. The molecule has 0 spiro atoms. The monoisotopic (exact) mass is 355 g/mol. The van der Waals surface area contributed by atoms with Crippen LogP contribution in [0.25, 0.3) is 0 Å². The average molecular weight is 355 g/mol. The molecule has 7 nitrogen and oxygen atoms in total. The Bertz CT molecular complexity index is 743. The van der Waals surface area contributed by atoms with Crippen LogP contribution >= 0.6 is 0 Å². The zero-order chi connectivity index (χ0) is 18.4. The maximum atomic E-state index is 12.4. The Labute approximate surface area is 153 Å². The van der Waals surface area contributed by atoms with Crippen LogP contribution in [-0.4, -0.2) is 45.0 Å². The minimum Gasteiger partial charge on any atom is -0.348 e. The maximum Gasteiger partial charge on any atom is 0.225 e. The first kappa shape index (κ1) is 18.1. The van der Waals surface area contributed by atoms with Crippen LogP contribution < -0.4 is 5.32 Å². The van der Waals surface area contributed by atoms with Crippen molar-refractivity contribution in [3.8, 4) is 0 Å². The number of aryl methyl sites for hydroxylation is 2. The molecule has 0 saturated carbocycles. The molecular weight excluding hydrogens is 330 g/mol. The van der Waals surface area contributed by atoms with Gasteiger partial charge in [-0.15, -0.1) is 0 Å². The SMILES string of the molecule is Cc1nc(CNC(=O)[C@H]2CCC(=O)N(CCCc3ccccc3)C2)n[nH]1. The summed E-state index contributed by atoms with van der Waals surface area (Å²) in [7, 11) is 0. The normalized spacial score (nSPS) is 17.3. The number of H-pyrrole nitrogens is 1. The Kier molecular flexibility index (Phi) is 5.99. The molecule has 1 aliphatic rings. The van der Waals surface area contributed by atoms with Gasteiger partial charge >= 0.3 is 0 Å². The predicted octanol–water partition coefficient (Wildman–Crippen LogP) is 1.60. The summed E-state index contributed by atoms with van der Waals surface area (Å²) in [5.41, 5.74) is 1.27. The summed E-state index contributed by atoms with van der Waals surface area (Å²) in [5, 5.41) is 9.65. The second kappa shape index (κ2) is 8.60. The summed E-state index contributed by atoms with van der Waals surface area (Å²) in [4.78, 5) is 30.6. The fraction of sp³-hybridized carbons (Fsp3) is 0.474. The summed E-state index contributed by atoms with van der Waals surface area (Å²) in [6.07, 6.45) is 2.88.